The van der Waals surface area contributed by atoms with Gasteiger partial charge in [-0.15, -0.1) is 0 Å². The summed E-state index contributed by atoms with van der Waals surface area (Å²) in [5, 5.41) is 0.865. The van der Waals surface area contributed by atoms with Crippen LogP contribution in [0.15, 0.2) is 48.5 Å². The summed E-state index contributed by atoms with van der Waals surface area (Å²) < 4.78 is 16.3. The Morgan fingerprint density at radius 3 is 2.54 bits per heavy atom. The minimum Gasteiger partial charge on any atom is -0.497 e. The SMILES string of the molecule is COc1ccc(OCCOC(=O)c2c3c(nc4ccccc24)CCCC3)cc1. The molecule has 0 radical (unpaired) electrons. The van der Waals surface area contributed by atoms with Gasteiger partial charge in [-0.3, -0.25) is 4.98 Å². The normalized spacial score (nSPS) is 13.0. The molecule has 0 saturated heterocycles. The topological polar surface area (TPSA) is 57.7 Å². The lowest BCUT2D eigenvalue weighted by atomic mass is 9.90. The predicted molar refractivity (Wildman–Crippen MR) is 107 cm³/mol. The van der Waals surface area contributed by atoms with Crippen molar-refractivity contribution in [3.8, 4) is 11.5 Å². The highest BCUT2D eigenvalue weighted by Crippen LogP contribution is 2.29. The molecule has 1 heterocycles. The first kappa shape index (κ1) is 18.3. The molecule has 5 nitrogen and oxygen atoms in total. The van der Waals surface area contributed by atoms with E-state index in [1.807, 2.05) is 48.5 Å². The Morgan fingerprint density at radius 1 is 0.964 bits per heavy atom. The van der Waals surface area contributed by atoms with Gasteiger partial charge in [-0.1, -0.05) is 18.2 Å². The number of carbonyl (C=O) groups is 1. The van der Waals surface area contributed by atoms with Gasteiger partial charge in [-0.2, -0.15) is 0 Å². The van der Waals surface area contributed by atoms with Gasteiger partial charge in [-0.25, -0.2) is 4.79 Å². The fourth-order valence-electron chi connectivity index (χ4n) is 3.64. The third-order valence-electron chi connectivity index (χ3n) is 5.02. The summed E-state index contributed by atoms with van der Waals surface area (Å²) in [7, 11) is 1.62. The van der Waals surface area contributed by atoms with Crippen molar-refractivity contribution in [2.75, 3.05) is 20.3 Å². The number of aromatic nitrogens is 1. The highest BCUT2D eigenvalue weighted by molar-refractivity contribution is 6.05. The van der Waals surface area contributed by atoms with Gasteiger partial charge in [0.15, 0.2) is 0 Å². The number of rotatable bonds is 6. The summed E-state index contributed by atoms with van der Waals surface area (Å²) in [5.41, 5.74) is 3.60. The Balaban J connectivity index is 1.46. The molecular weight excluding hydrogens is 354 g/mol. The number of hydrogen-bond donors (Lipinski definition) is 0. The Kier molecular flexibility index (Phi) is 5.42. The summed E-state index contributed by atoms with van der Waals surface area (Å²) in [4.78, 5) is 17.7. The van der Waals surface area contributed by atoms with E-state index in [2.05, 4.69) is 0 Å². The molecule has 3 aromatic rings. The lowest BCUT2D eigenvalue weighted by Crippen LogP contribution is -2.18. The van der Waals surface area contributed by atoms with E-state index in [0.717, 1.165) is 53.6 Å². The molecule has 0 unspecified atom stereocenters. The van der Waals surface area contributed by atoms with Crippen LogP contribution in [0, 0.1) is 0 Å². The number of esters is 1. The first-order chi connectivity index (χ1) is 13.8. The third kappa shape index (κ3) is 3.79. The quantitative estimate of drug-likeness (QED) is 0.472. The predicted octanol–water partition coefficient (Wildman–Crippen LogP) is 4.36. The molecule has 28 heavy (non-hydrogen) atoms. The van der Waals surface area contributed by atoms with Gasteiger partial charge in [0.05, 0.1) is 18.2 Å². The highest BCUT2D eigenvalue weighted by Gasteiger charge is 2.23. The number of para-hydroxylation sites is 1. The smallest absolute Gasteiger partial charge is 0.339 e. The fourth-order valence-corrected chi connectivity index (χ4v) is 3.64. The molecule has 0 atom stereocenters. The molecule has 0 spiro atoms. The molecule has 0 amide bonds. The summed E-state index contributed by atoms with van der Waals surface area (Å²) in [6.45, 7) is 0.486. The largest absolute Gasteiger partial charge is 0.497 e. The van der Waals surface area contributed by atoms with Crippen LogP contribution in [0.1, 0.15) is 34.5 Å². The van der Waals surface area contributed by atoms with Gasteiger partial charge in [0, 0.05) is 11.1 Å². The number of ether oxygens (including phenoxy) is 3. The molecule has 0 saturated carbocycles. The molecule has 2 aromatic carbocycles. The minimum absolute atomic E-state index is 0.191. The number of methoxy groups -OCH3 is 1. The van der Waals surface area contributed by atoms with Gasteiger partial charge in [-0.05, 0) is 61.6 Å². The molecule has 5 heteroatoms. The number of pyridine rings is 1. The second-order valence-corrected chi connectivity index (χ2v) is 6.80. The zero-order valence-electron chi connectivity index (χ0n) is 15.9. The van der Waals surface area contributed by atoms with Crippen LogP contribution in [0.2, 0.25) is 0 Å². The second kappa shape index (κ2) is 8.30. The molecule has 0 N–H and O–H groups in total. The van der Waals surface area contributed by atoms with Crippen molar-refractivity contribution in [2.45, 2.75) is 25.7 Å². The molecule has 0 fully saturated rings. The van der Waals surface area contributed by atoms with E-state index in [9.17, 15) is 4.79 Å². The molecule has 1 aliphatic carbocycles. The average molecular weight is 377 g/mol. The first-order valence-electron chi connectivity index (χ1n) is 9.61. The van der Waals surface area contributed by atoms with E-state index in [-0.39, 0.29) is 12.6 Å². The van der Waals surface area contributed by atoms with E-state index in [1.165, 1.54) is 0 Å². The number of nitrogens with zero attached hydrogens (tertiary/aromatic N) is 1. The van der Waals surface area contributed by atoms with Gasteiger partial charge < -0.3 is 14.2 Å². The molecule has 1 aliphatic rings. The van der Waals surface area contributed by atoms with E-state index in [1.54, 1.807) is 7.11 Å². The number of aryl methyl sites for hydroxylation is 1. The second-order valence-electron chi connectivity index (χ2n) is 6.80. The van der Waals surface area contributed by atoms with Crippen molar-refractivity contribution >= 4 is 16.9 Å². The van der Waals surface area contributed by atoms with Gasteiger partial charge in [0.1, 0.15) is 24.7 Å². The van der Waals surface area contributed by atoms with Crippen LogP contribution in [-0.4, -0.2) is 31.3 Å². The summed E-state index contributed by atoms with van der Waals surface area (Å²) in [5.74, 6) is 1.19. The summed E-state index contributed by atoms with van der Waals surface area (Å²) in [6, 6.07) is 15.1. The van der Waals surface area contributed by atoms with Crippen molar-refractivity contribution in [3.05, 3.63) is 65.4 Å². The fraction of sp³-hybridized carbons (Fsp3) is 0.304. The monoisotopic (exact) mass is 377 g/mol. The molecular formula is C23H23NO4. The van der Waals surface area contributed by atoms with Crippen LogP contribution in [0.25, 0.3) is 10.9 Å². The number of carbonyl (C=O) groups excluding carboxylic acids is 1. The molecule has 1 aromatic heterocycles. The maximum absolute atomic E-state index is 12.9. The Hall–Kier alpha value is -3.08. The van der Waals surface area contributed by atoms with Crippen LogP contribution in [0.5, 0.6) is 11.5 Å². The lowest BCUT2D eigenvalue weighted by Gasteiger charge is -2.20. The van der Waals surface area contributed by atoms with Gasteiger partial charge >= 0.3 is 5.97 Å². The third-order valence-corrected chi connectivity index (χ3v) is 5.02. The van der Waals surface area contributed by atoms with E-state index in [4.69, 9.17) is 19.2 Å². The summed E-state index contributed by atoms with van der Waals surface area (Å²) >= 11 is 0. The molecule has 0 aliphatic heterocycles. The van der Waals surface area contributed by atoms with Crippen molar-refractivity contribution < 1.29 is 19.0 Å². The zero-order valence-corrected chi connectivity index (χ0v) is 15.9. The van der Waals surface area contributed by atoms with Crippen molar-refractivity contribution in [3.63, 3.8) is 0 Å². The van der Waals surface area contributed by atoms with E-state index >= 15 is 0 Å². The van der Waals surface area contributed by atoms with Gasteiger partial charge in [0.25, 0.3) is 0 Å². The van der Waals surface area contributed by atoms with Crippen LogP contribution in [0.3, 0.4) is 0 Å². The van der Waals surface area contributed by atoms with Crippen LogP contribution < -0.4 is 9.47 Å². The standard InChI is InChI=1S/C23H23NO4/c1-26-16-10-12-17(13-11-16)27-14-15-28-23(25)22-18-6-2-4-8-20(18)24-21-9-5-3-7-19(21)22/h2,4,6,8,10-13H,3,5,7,9,14-15H2,1H3. The average Bonchev–Trinajstić information content (AvgIpc) is 2.75. The van der Waals surface area contributed by atoms with Crippen molar-refractivity contribution in [2.24, 2.45) is 0 Å². The Morgan fingerprint density at radius 2 is 1.71 bits per heavy atom. The van der Waals surface area contributed by atoms with Crippen molar-refractivity contribution in [1.29, 1.82) is 0 Å². The molecule has 0 bridgehead atoms. The van der Waals surface area contributed by atoms with E-state index < -0.39 is 0 Å². The highest BCUT2D eigenvalue weighted by atomic mass is 16.6. The van der Waals surface area contributed by atoms with Gasteiger partial charge in [0.2, 0.25) is 0 Å². The number of benzene rings is 2. The molecule has 144 valence electrons. The number of fused-ring (bicyclic) bond motifs is 2. The van der Waals surface area contributed by atoms with Crippen LogP contribution >= 0.6 is 0 Å². The van der Waals surface area contributed by atoms with E-state index in [0.29, 0.717) is 17.9 Å². The lowest BCUT2D eigenvalue weighted by molar-refractivity contribution is 0.0451. The Bertz CT molecular complexity index is 982. The Labute approximate surface area is 164 Å². The van der Waals surface area contributed by atoms with Crippen molar-refractivity contribution in [1.82, 2.24) is 4.98 Å². The minimum atomic E-state index is -0.296. The summed E-state index contributed by atoms with van der Waals surface area (Å²) in [6.07, 6.45) is 3.98. The van der Waals surface area contributed by atoms with Crippen LogP contribution in [-0.2, 0) is 17.6 Å². The molecule has 4 rings (SSSR count). The zero-order chi connectivity index (χ0) is 19.3. The maximum Gasteiger partial charge on any atom is 0.339 e. The van der Waals surface area contributed by atoms with Crippen LogP contribution in [0.4, 0.5) is 0 Å². The number of hydrogen-bond acceptors (Lipinski definition) is 5. The first-order valence-corrected chi connectivity index (χ1v) is 9.61. The maximum atomic E-state index is 12.9.